The topological polar surface area (TPSA) is 70.0 Å². The van der Waals surface area contributed by atoms with Crippen molar-refractivity contribution in [3.8, 4) is 11.8 Å². The van der Waals surface area contributed by atoms with E-state index in [2.05, 4.69) is 0 Å². The third-order valence-electron chi connectivity index (χ3n) is 2.37. The van der Waals surface area contributed by atoms with Crippen LogP contribution in [0.15, 0.2) is 35.7 Å². The molecule has 0 aliphatic rings. The summed E-state index contributed by atoms with van der Waals surface area (Å²) in [6.45, 7) is 0. The summed E-state index contributed by atoms with van der Waals surface area (Å²) in [6.07, 6.45) is 0. The number of phenols is 1. The Labute approximate surface area is 97.4 Å². The van der Waals surface area contributed by atoms with Crippen LogP contribution >= 0.6 is 11.3 Å². The van der Waals surface area contributed by atoms with Crippen molar-refractivity contribution >= 4 is 11.3 Å². The maximum atomic E-state index is 9.86. The summed E-state index contributed by atoms with van der Waals surface area (Å²) in [6, 6.07) is 10.4. The highest BCUT2D eigenvalue weighted by atomic mass is 32.1. The first kappa shape index (κ1) is 10.7. The molecule has 0 saturated carbocycles. The molecule has 1 aromatic heterocycles. The average molecular weight is 230 g/mol. The first-order valence-electron chi connectivity index (χ1n) is 4.75. The van der Waals surface area contributed by atoms with Crippen LogP contribution in [0.5, 0.6) is 5.75 Å². The van der Waals surface area contributed by atoms with Crippen molar-refractivity contribution in [2.24, 2.45) is 5.73 Å². The minimum atomic E-state index is -0.381. The lowest BCUT2D eigenvalue weighted by Crippen LogP contribution is -2.10. The largest absolute Gasteiger partial charge is 0.506 e. The molecule has 0 fully saturated rings. The number of nitriles is 1. The van der Waals surface area contributed by atoms with Crippen molar-refractivity contribution in [2.75, 3.05) is 0 Å². The van der Waals surface area contributed by atoms with Crippen LogP contribution in [0.2, 0.25) is 0 Å². The molecule has 2 rings (SSSR count). The summed E-state index contributed by atoms with van der Waals surface area (Å²) in [4.78, 5) is 0.963. The van der Waals surface area contributed by atoms with Crippen molar-refractivity contribution < 1.29 is 5.11 Å². The number of nitrogens with zero attached hydrogens (tertiary/aromatic N) is 1. The van der Waals surface area contributed by atoms with E-state index in [4.69, 9.17) is 11.0 Å². The fourth-order valence-electron chi connectivity index (χ4n) is 1.52. The van der Waals surface area contributed by atoms with Gasteiger partial charge in [-0.05, 0) is 17.5 Å². The van der Waals surface area contributed by atoms with Gasteiger partial charge < -0.3 is 10.8 Å². The zero-order valence-corrected chi connectivity index (χ0v) is 9.24. The fourth-order valence-corrected chi connectivity index (χ4v) is 2.27. The lowest BCUT2D eigenvalue weighted by Gasteiger charge is -2.12. The molecule has 2 aromatic rings. The van der Waals surface area contributed by atoms with Gasteiger partial charge in [-0.3, -0.25) is 0 Å². The molecular weight excluding hydrogens is 220 g/mol. The SMILES string of the molecule is N#Cc1cccc([C@@H](N)c2cccs2)c1O. The van der Waals surface area contributed by atoms with Crippen LogP contribution < -0.4 is 5.73 Å². The highest BCUT2D eigenvalue weighted by Gasteiger charge is 2.15. The van der Waals surface area contributed by atoms with Crippen LogP contribution in [-0.2, 0) is 0 Å². The molecule has 0 unspecified atom stereocenters. The third-order valence-corrected chi connectivity index (χ3v) is 3.33. The first-order chi connectivity index (χ1) is 7.74. The molecule has 0 bridgehead atoms. The molecule has 1 aromatic carbocycles. The molecule has 3 nitrogen and oxygen atoms in total. The van der Waals surface area contributed by atoms with Gasteiger partial charge in [-0.2, -0.15) is 5.26 Å². The molecule has 3 N–H and O–H groups in total. The van der Waals surface area contributed by atoms with Crippen LogP contribution in [0, 0.1) is 11.3 Å². The number of para-hydroxylation sites is 1. The summed E-state index contributed by atoms with van der Waals surface area (Å²) in [7, 11) is 0. The number of hydrogen-bond donors (Lipinski definition) is 2. The highest BCUT2D eigenvalue weighted by molar-refractivity contribution is 7.10. The summed E-state index contributed by atoms with van der Waals surface area (Å²) >= 11 is 1.53. The Bertz CT molecular complexity index is 528. The van der Waals surface area contributed by atoms with E-state index >= 15 is 0 Å². The molecule has 0 amide bonds. The molecule has 1 heterocycles. The second kappa shape index (κ2) is 4.35. The predicted molar refractivity (Wildman–Crippen MR) is 63.2 cm³/mol. The minimum Gasteiger partial charge on any atom is -0.506 e. The Hall–Kier alpha value is -1.83. The van der Waals surface area contributed by atoms with E-state index in [1.807, 2.05) is 23.6 Å². The van der Waals surface area contributed by atoms with Crippen molar-refractivity contribution in [1.82, 2.24) is 0 Å². The van der Waals surface area contributed by atoms with Crippen molar-refractivity contribution in [2.45, 2.75) is 6.04 Å². The van der Waals surface area contributed by atoms with E-state index in [9.17, 15) is 5.11 Å². The van der Waals surface area contributed by atoms with Gasteiger partial charge in [0.05, 0.1) is 11.6 Å². The van der Waals surface area contributed by atoms with Crippen molar-refractivity contribution in [3.05, 3.63) is 51.7 Å². The van der Waals surface area contributed by atoms with E-state index < -0.39 is 0 Å². The molecule has 4 heteroatoms. The predicted octanol–water partition coefficient (Wildman–Crippen LogP) is 2.37. The maximum absolute atomic E-state index is 9.86. The van der Waals surface area contributed by atoms with E-state index in [0.717, 1.165) is 4.88 Å². The third kappa shape index (κ3) is 1.78. The summed E-state index contributed by atoms with van der Waals surface area (Å²) in [5, 5.41) is 20.6. The van der Waals surface area contributed by atoms with E-state index in [0.29, 0.717) is 5.56 Å². The smallest absolute Gasteiger partial charge is 0.138 e. The Morgan fingerprint density at radius 3 is 2.75 bits per heavy atom. The lowest BCUT2D eigenvalue weighted by molar-refractivity contribution is 0.464. The second-order valence-corrected chi connectivity index (χ2v) is 4.33. The zero-order chi connectivity index (χ0) is 11.5. The molecule has 80 valence electrons. The molecule has 16 heavy (non-hydrogen) atoms. The number of aromatic hydroxyl groups is 1. The molecular formula is C12H10N2OS. The highest BCUT2D eigenvalue weighted by Crippen LogP contribution is 2.31. The average Bonchev–Trinajstić information content (AvgIpc) is 2.82. The van der Waals surface area contributed by atoms with Crippen LogP contribution in [-0.4, -0.2) is 5.11 Å². The Kier molecular flexibility index (Phi) is 2.91. The normalized spacial score (nSPS) is 12.0. The summed E-state index contributed by atoms with van der Waals surface area (Å²) in [5.41, 5.74) is 6.87. The van der Waals surface area contributed by atoms with E-state index in [-0.39, 0.29) is 17.4 Å². The quantitative estimate of drug-likeness (QED) is 0.832. The van der Waals surface area contributed by atoms with Crippen LogP contribution in [0.4, 0.5) is 0 Å². The first-order valence-corrected chi connectivity index (χ1v) is 5.63. The minimum absolute atomic E-state index is 0.0223. The second-order valence-electron chi connectivity index (χ2n) is 3.35. The van der Waals surface area contributed by atoms with Gasteiger partial charge in [0.1, 0.15) is 11.8 Å². The van der Waals surface area contributed by atoms with Crippen LogP contribution in [0.3, 0.4) is 0 Å². The maximum Gasteiger partial charge on any atom is 0.138 e. The van der Waals surface area contributed by atoms with Gasteiger partial charge in [-0.1, -0.05) is 18.2 Å². The molecule has 0 aliphatic heterocycles. The zero-order valence-electron chi connectivity index (χ0n) is 8.42. The van der Waals surface area contributed by atoms with Gasteiger partial charge in [-0.15, -0.1) is 11.3 Å². The number of hydrogen-bond acceptors (Lipinski definition) is 4. The molecule has 1 atom stereocenters. The fraction of sp³-hybridized carbons (Fsp3) is 0.0833. The molecule has 0 radical (unpaired) electrons. The molecule has 0 saturated heterocycles. The number of nitrogens with two attached hydrogens (primary N) is 1. The summed E-state index contributed by atoms with van der Waals surface area (Å²) in [5.74, 6) is -0.0223. The van der Waals surface area contributed by atoms with Crippen LogP contribution in [0.25, 0.3) is 0 Å². The van der Waals surface area contributed by atoms with Gasteiger partial charge in [0.25, 0.3) is 0 Å². The van der Waals surface area contributed by atoms with Gasteiger partial charge in [0.15, 0.2) is 0 Å². The van der Waals surface area contributed by atoms with E-state index in [1.165, 1.54) is 11.3 Å². The lowest BCUT2D eigenvalue weighted by atomic mass is 10.0. The number of phenolic OH excluding ortho intramolecular Hbond substituents is 1. The Morgan fingerprint density at radius 2 is 2.12 bits per heavy atom. The van der Waals surface area contributed by atoms with E-state index in [1.54, 1.807) is 18.2 Å². The number of thiophene rings is 1. The Morgan fingerprint density at radius 1 is 1.31 bits per heavy atom. The van der Waals surface area contributed by atoms with Crippen molar-refractivity contribution in [3.63, 3.8) is 0 Å². The van der Waals surface area contributed by atoms with Gasteiger partial charge in [0, 0.05) is 10.4 Å². The number of rotatable bonds is 2. The molecule has 0 spiro atoms. The number of benzene rings is 1. The van der Waals surface area contributed by atoms with Gasteiger partial charge in [-0.25, -0.2) is 0 Å². The molecule has 0 aliphatic carbocycles. The van der Waals surface area contributed by atoms with Gasteiger partial charge >= 0.3 is 0 Å². The van der Waals surface area contributed by atoms with Crippen molar-refractivity contribution in [1.29, 1.82) is 5.26 Å². The standard InChI is InChI=1S/C12H10N2OS/c13-7-8-3-1-4-9(12(8)15)11(14)10-5-2-6-16-10/h1-6,11,15H,14H2/t11-/m1/s1. The van der Waals surface area contributed by atoms with Crippen LogP contribution in [0.1, 0.15) is 22.0 Å². The Balaban J connectivity index is 2.46. The summed E-state index contributed by atoms with van der Waals surface area (Å²) < 4.78 is 0. The monoisotopic (exact) mass is 230 g/mol. The van der Waals surface area contributed by atoms with Gasteiger partial charge in [0.2, 0.25) is 0 Å².